The van der Waals surface area contributed by atoms with Crippen molar-refractivity contribution in [2.24, 2.45) is 0 Å². The van der Waals surface area contributed by atoms with E-state index >= 15 is 0 Å². The Morgan fingerprint density at radius 3 is 2.36 bits per heavy atom. The van der Waals surface area contributed by atoms with E-state index in [0.717, 1.165) is 32.5 Å². The molecule has 80 valence electrons. The lowest BCUT2D eigenvalue weighted by Crippen LogP contribution is -2.43. The minimum atomic E-state index is 0.132. The lowest BCUT2D eigenvalue weighted by Gasteiger charge is -2.23. The molecule has 2 aliphatic rings. The second-order valence-electron chi connectivity index (χ2n) is 4.39. The van der Waals surface area contributed by atoms with Crippen molar-refractivity contribution in [3.63, 3.8) is 0 Å². The average Bonchev–Trinajstić information content (AvgIpc) is 2.59. The molecular formula is C11H20N2O. The number of hydrogen-bond acceptors (Lipinski definition) is 2. The maximum Gasteiger partial charge on any atom is 0.239 e. The Bertz CT molecular complexity index is 191. The summed E-state index contributed by atoms with van der Waals surface area (Å²) in [7, 11) is 0. The minimum Gasteiger partial charge on any atom is -0.341 e. The van der Waals surface area contributed by atoms with Crippen LogP contribution in [-0.2, 0) is 4.79 Å². The Balaban J connectivity index is 1.88. The fraction of sp³-hybridized carbons (Fsp3) is 0.909. The molecule has 2 aliphatic heterocycles. The zero-order valence-electron chi connectivity index (χ0n) is 8.80. The molecule has 0 bridgehead atoms. The highest BCUT2D eigenvalue weighted by atomic mass is 16.2. The number of carbonyl (C=O) groups is 1. The summed E-state index contributed by atoms with van der Waals surface area (Å²) in [4.78, 5) is 14.1. The Labute approximate surface area is 85.8 Å². The van der Waals surface area contributed by atoms with E-state index in [1.54, 1.807) is 0 Å². The summed E-state index contributed by atoms with van der Waals surface area (Å²) < 4.78 is 0. The van der Waals surface area contributed by atoms with Gasteiger partial charge in [0.25, 0.3) is 0 Å². The third kappa shape index (κ3) is 2.27. The zero-order valence-corrected chi connectivity index (χ0v) is 8.80. The number of rotatable bonds is 1. The van der Waals surface area contributed by atoms with Gasteiger partial charge in [0, 0.05) is 13.1 Å². The zero-order chi connectivity index (χ0) is 9.80. The van der Waals surface area contributed by atoms with E-state index in [4.69, 9.17) is 0 Å². The highest BCUT2D eigenvalue weighted by Gasteiger charge is 2.26. The van der Waals surface area contributed by atoms with Gasteiger partial charge in [0.05, 0.1) is 6.04 Å². The van der Waals surface area contributed by atoms with Crippen molar-refractivity contribution >= 4 is 5.91 Å². The van der Waals surface area contributed by atoms with Crippen LogP contribution in [0.2, 0.25) is 0 Å². The van der Waals surface area contributed by atoms with Crippen molar-refractivity contribution in [1.82, 2.24) is 10.2 Å². The highest BCUT2D eigenvalue weighted by molar-refractivity contribution is 5.82. The standard InChI is InChI=1S/C11H20N2O/c14-11(10-6-5-7-12-10)13-8-3-1-2-4-9-13/h10,12H,1-9H2/t10-/m0/s1. The maximum atomic E-state index is 12.0. The molecule has 0 aromatic heterocycles. The van der Waals surface area contributed by atoms with Gasteiger partial charge in [0.2, 0.25) is 5.91 Å². The van der Waals surface area contributed by atoms with Crippen LogP contribution in [0.1, 0.15) is 38.5 Å². The Morgan fingerprint density at radius 1 is 1.07 bits per heavy atom. The molecule has 0 unspecified atom stereocenters. The number of amides is 1. The molecule has 1 amide bonds. The predicted octanol–water partition coefficient (Wildman–Crippen LogP) is 1.14. The van der Waals surface area contributed by atoms with Gasteiger partial charge in [0.15, 0.2) is 0 Å². The summed E-state index contributed by atoms with van der Waals surface area (Å²) in [6.07, 6.45) is 7.17. The predicted molar refractivity (Wildman–Crippen MR) is 56.1 cm³/mol. The van der Waals surface area contributed by atoms with Crippen molar-refractivity contribution in [3.8, 4) is 0 Å². The summed E-state index contributed by atoms with van der Waals surface area (Å²) in [5.74, 6) is 0.351. The van der Waals surface area contributed by atoms with Crippen LogP contribution >= 0.6 is 0 Å². The van der Waals surface area contributed by atoms with Crippen molar-refractivity contribution in [3.05, 3.63) is 0 Å². The fourth-order valence-corrected chi connectivity index (χ4v) is 2.41. The van der Waals surface area contributed by atoms with Crippen molar-refractivity contribution in [2.45, 2.75) is 44.6 Å². The molecule has 0 spiro atoms. The highest BCUT2D eigenvalue weighted by Crippen LogP contribution is 2.14. The van der Waals surface area contributed by atoms with Crippen LogP contribution in [0.25, 0.3) is 0 Å². The summed E-state index contributed by atoms with van der Waals surface area (Å²) in [5.41, 5.74) is 0. The smallest absolute Gasteiger partial charge is 0.239 e. The van der Waals surface area contributed by atoms with Crippen LogP contribution in [0.4, 0.5) is 0 Å². The van der Waals surface area contributed by atoms with E-state index < -0.39 is 0 Å². The van der Waals surface area contributed by atoms with Crippen LogP contribution in [0, 0.1) is 0 Å². The molecule has 1 atom stereocenters. The fourth-order valence-electron chi connectivity index (χ4n) is 2.41. The van der Waals surface area contributed by atoms with Gasteiger partial charge < -0.3 is 10.2 Å². The summed E-state index contributed by atoms with van der Waals surface area (Å²) in [6.45, 7) is 2.98. The first-order chi connectivity index (χ1) is 6.88. The Morgan fingerprint density at radius 2 is 1.79 bits per heavy atom. The molecule has 2 fully saturated rings. The molecule has 0 aromatic carbocycles. The first-order valence-electron chi connectivity index (χ1n) is 5.90. The third-order valence-electron chi connectivity index (χ3n) is 3.28. The van der Waals surface area contributed by atoms with Gasteiger partial charge in [-0.05, 0) is 32.2 Å². The van der Waals surface area contributed by atoms with E-state index in [0.29, 0.717) is 5.91 Å². The first kappa shape index (κ1) is 9.97. The lowest BCUT2D eigenvalue weighted by molar-refractivity contribution is -0.133. The van der Waals surface area contributed by atoms with Gasteiger partial charge in [-0.25, -0.2) is 0 Å². The third-order valence-corrected chi connectivity index (χ3v) is 3.28. The topological polar surface area (TPSA) is 32.3 Å². The van der Waals surface area contributed by atoms with Crippen molar-refractivity contribution in [1.29, 1.82) is 0 Å². The molecule has 2 heterocycles. The van der Waals surface area contributed by atoms with Crippen LogP contribution in [0.3, 0.4) is 0 Å². The summed E-state index contributed by atoms with van der Waals surface area (Å²) >= 11 is 0. The molecule has 2 rings (SSSR count). The SMILES string of the molecule is O=C([C@@H]1CCCN1)N1CCCCCC1. The van der Waals surface area contributed by atoms with Crippen LogP contribution < -0.4 is 5.32 Å². The van der Waals surface area contributed by atoms with Gasteiger partial charge in [-0.3, -0.25) is 4.79 Å². The van der Waals surface area contributed by atoms with Gasteiger partial charge in [0.1, 0.15) is 0 Å². The quantitative estimate of drug-likeness (QED) is 0.682. The van der Waals surface area contributed by atoms with Crippen LogP contribution in [-0.4, -0.2) is 36.5 Å². The van der Waals surface area contributed by atoms with E-state index in [9.17, 15) is 4.79 Å². The second kappa shape index (κ2) is 4.78. The minimum absolute atomic E-state index is 0.132. The molecular weight excluding hydrogens is 176 g/mol. The first-order valence-corrected chi connectivity index (χ1v) is 5.90. The summed E-state index contributed by atoms with van der Waals surface area (Å²) in [5, 5.41) is 3.28. The van der Waals surface area contributed by atoms with E-state index in [1.807, 2.05) is 0 Å². The van der Waals surface area contributed by atoms with Gasteiger partial charge in [-0.15, -0.1) is 0 Å². The molecule has 1 N–H and O–H groups in total. The van der Waals surface area contributed by atoms with Crippen molar-refractivity contribution in [2.75, 3.05) is 19.6 Å². The lowest BCUT2D eigenvalue weighted by atomic mass is 10.2. The molecule has 3 nitrogen and oxygen atoms in total. The van der Waals surface area contributed by atoms with E-state index in [-0.39, 0.29) is 6.04 Å². The molecule has 0 aromatic rings. The molecule has 2 saturated heterocycles. The monoisotopic (exact) mass is 196 g/mol. The summed E-state index contributed by atoms with van der Waals surface area (Å²) in [6, 6.07) is 0.132. The Hall–Kier alpha value is -0.570. The van der Waals surface area contributed by atoms with Crippen molar-refractivity contribution < 1.29 is 4.79 Å². The van der Waals surface area contributed by atoms with Crippen LogP contribution in [0.5, 0.6) is 0 Å². The number of likely N-dealkylation sites (tertiary alicyclic amines) is 1. The van der Waals surface area contributed by atoms with Gasteiger partial charge >= 0.3 is 0 Å². The van der Waals surface area contributed by atoms with E-state index in [1.165, 1.54) is 25.7 Å². The number of carbonyl (C=O) groups excluding carboxylic acids is 1. The normalized spacial score (nSPS) is 28.9. The molecule has 0 saturated carbocycles. The van der Waals surface area contributed by atoms with E-state index in [2.05, 4.69) is 10.2 Å². The van der Waals surface area contributed by atoms with Gasteiger partial charge in [-0.1, -0.05) is 12.8 Å². The molecule has 0 radical (unpaired) electrons. The molecule has 0 aliphatic carbocycles. The molecule has 3 heteroatoms. The maximum absolute atomic E-state index is 12.0. The molecule has 14 heavy (non-hydrogen) atoms. The average molecular weight is 196 g/mol. The van der Waals surface area contributed by atoms with Gasteiger partial charge in [-0.2, -0.15) is 0 Å². The number of nitrogens with one attached hydrogen (secondary N) is 1. The van der Waals surface area contributed by atoms with Crippen LogP contribution in [0.15, 0.2) is 0 Å². The number of hydrogen-bond donors (Lipinski definition) is 1. The number of nitrogens with zero attached hydrogens (tertiary/aromatic N) is 1. The Kier molecular flexibility index (Phi) is 3.40. The largest absolute Gasteiger partial charge is 0.341 e. The second-order valence-corrected chi connectivity index (χ2v) is 4.39.